The van der Waals surface area contributed by atoms with E-state index >= 15 is 0 Å². The topological polar surface area (TPSA) is 117 Å². The van der Waals surface area contributed by atoms with Crippen LogP contribution in [0.1, 0.15) is 24.6 Å². The number of nitrogens with one attached hydrogen (secondary N) is 2. The quantitative estimate of drug-likeness (QED) is 0.763. The third kappa shape index (κ3) is 4.77. The minimum atomic E-state index is -5.08. The molecule has 0 bridgehead atoms. The van der Waals surface area contributed by atoms with E-state index in [1.165, 1.54) is 0 Å². The molecule has 3 rings (SSSR count). The lowest BCUT2D eigenvalue weighted by Crippen LogP contribution is -2.28. The molecule has 1 aliphatic heterocycles. The van der Waals surface area contributed by atoms with E-state index in [0.717, 1.165) is 31.8 Å². The van der Waals surface area contributed by atoms with Gasteiger partial charge in [0, 0.05) is 24.9 Å². The molecule has 0 aliphatic carbocycles. The number of hydrogen-bond acceptors (Lipinski definition) is 6. The zero-order valence-corrected chi connectivity index (χ0v) is 11.8. The monoisotopic (exact) mass is 333 g/mol. The summed E-state index contributed by atoms with van der Waals surface area (Å²) in [5.41, 5.74) is 0. The van der Waals surface area contributed by atoms with Crippen molar-refractivity contribution < 1.29 is 27.6 Å². The third-order valence-electron chi connectivity index (χ3n) is 3.05. The highest BCUT2D eigenvalue weighted by Gasteiger charge is 2.38. The van der Waals surface area contributed by atoms with Gasteiger partial charge in [0.25, 0.3) is 5.89 Å². The molecular formula is C12H14F3N5O3. The normalized spacial score (nSPS) is 18.1. The Morgan fingerprint density at radius 3 is 2.70 bits per heavy atom. The van der Waals surface area contributed by atoms with Gasteiger partial charge in [0.05, 0.1) is 0 Å². The lowest BCUT2D eigenvalue weighted by Gasteiger charge is -2.19. The summed E-state index contributed by atoms with van der Waals surface area (Å²) in [4.78, 5) is 20.3. The highest BCUT2D eigenvalue weighted by Crippen LogP contribution is 2.22. The maximum absolute atomic E-state index is 10.6. The number of aromatic amines is 1. The molecule has 0 saturated carbocycles. The molecule has 11 heteroatoms. The summed E-state index contributed by atoms with van der Waals surface area (Å²) in [5, 5.41) is 14.5. The average Bonchev–Trinajstić information content (AvgIpc) is 3.19. The van der Waals surface area contributed by atoms with Crippen LogP contribution in [0.15, 0.2) is 16.9 Å². The van der Waals surface area contributed by atoms with Crippen LogP contribution in [0.25, 0.3) is 11.7 Å². The molecule has 8 nitrogen and oxygen atoms in total. The Morgan fingerprint density at radius 1 is 1.43 bits per heavy atom. The predicted molar refractivity (Wildman–Crippen MR) is 70.4 cm³/mol. The Kier molecular flexibility index (Phi) is 5.32. The number of rotatable bonds is 2. The van der Waals surface area contributed by atoms with Gasteiger partial charge in [0.1, 0.15) is 0 Å². The molecule has 3 heterocycles. The molecule has 1 unspecified atom stereocenters. The van der Waals surface area contributed by atoms with Crippen LogP contribution in [0.4, 0.5) is 13.2 Å². The first kappa shape index (κ1) is 16.9. The van der Waals surface area contributed by atoms with Gasteiger partial charge in [-0.15, -0.1) is 0 Å². The van der Waals surface area contributed by atoms with Crippen molar-refractivity contribution in [3.63, 3.8) is 0 Å². The van der Waals surface area contributed by atoms with Crippen molar-refractivity contribution in [3.8, 4) is 11.7 Å². The van der Waals surface area contributed by atoms with Gasteiger partial charge in [-0.2, -0.15) is 18.2 Å². The molecule has 0 spiro atoms. The molecule has 1 atom stereocenters. The van der Waals surface area contributed by atoms with Crippen LogP contribution in [0.2, 0.25) is 0 Å². The SMILES string of the molecule is O=C(O)C(F)(F)F.c1c[nH]c(-c2nc(C3CCCNC3)no2)n1. The lowest BCUT2D eigenvalue weighted by molar-refractivity contribution is -0.192. The number of carbonyl (C=O) groups is 1. The smallest absolute Gasteiger partial charge is 0.475 e. The largest absolute Gasteiger partial charge is 0.490 e. The van der Waals surface area contributed by atoms with E-state index in [4.69, 9.17) is 14.4 Å². The first-order valence-electron chi connectivity index (χ1n) is 6.72. The summed E-state index contributed by atoms with van der Waals surface area (Å²) in [5.74, 6) is -0.527. The van der Waals surface area contributed by atoms with E-state index in [2.05, 4.69) is 25.4 Å². The number of carboxylic acid groups (broad SMARTS) is 1. The van der Waals surface area contributed by atoms with Gasteiger partial charge in [-0.3, -0.25) is 0 Å². The predicted octanol–water partition coefficient (Wildman–Crippen LogP) is 1.56. The Balaban J connectivity index is 0.000000236. The molecule has 1 aliphatic rings. The van der Waals surface area contributed by atoms with Crippen LogP contribution in [0.3, 0.4) is 0 Å². The van der Waals surface area contributed by atoms with Crippen LogP contribution < -0.4 is 5.32 Å². The van der Waals surface area contributed by atoms with E-state index < -0.39 is 12.1 Å². The van der Waals surface area contributed by atoms with Crippen LogP contribution in [-0.4, -0.2) is 50.5 Å². The standard InChI is InChI=1S/C10H13N5O.C2HF3O2/c1-2-7(6-11-3-1)8-14-10(16-15-8)9-12-4-5-13-9;3-2(4,5)1(6)7/h4-5,7,11H,1-3,6H2,(H,12,13);(H,6,7). The van der Waals surface area contributed by atoms with E-state index in [1.807, 2.05) is 0 Å². The van der Waals surface area contributed by atoms with Crippen molar-refractivity contribution in [1.82, 2.24) is 25.4 Å². The van der Waals surface area contributed by atoms with Crippen molar-refractivity contribution in [2.75, 3.05) is 13.1 Å². The van der Waals surface area contributed by atoms with Crippen LogP contribution in [0, 0.1) is 0 Å². The Bertz CT molecular complexity index is 620. The first-order valence-corrected chi connectivity index (χ1v) is 6.72. The van der Waals surface area contributed by atoms with E-state index in [0.29, 0.717) is 17.6 Å². The number of piperidine rings is 1. The summed E-state index contributed by atoms with van der Waals surface area (Å²) in [6.07, 6.45) is 0.599. The summed E-state index contributed by atoms with van der Waals surface area (Å²) in [7, 11) is 0. The van der Waals surface area contributed by atoms with Crippen LogP contribution >= 0.6 is 0 Å². The number of aromatic nitrogens is 4. The molecular weight excluding hydrogens is 319 g/mol. The second-order valence-electron chi connectivity index (χ2n) is 4.74. The van der Waals surface area contributed by atoms with E-state index in [9.17, 15) is 13.2 Å². The number of nitrogens with zero attached hydrogens (tertiary/aromatic N) is 3. The number of halogens is 3. The first-order chi connectivity index (χ1) is 10.9. The fourth-order valence-corrected chi connectivity index (χ4v) is 1.95. The van der Waals surface area contributed by atoms with Gasteiger partial charge in [0.15, 0.2) is 11.6 Å². The third-order valence-corrected chi connectivity index (χ3v) is 3.05. The molecule has 0 amide bonds. The molecule has 0 radical (unpaired) electrons. The molecule has 0 aromatic carbocycles. The van der Waals surface area contributed by atoms with Crippen LogP contribution in [-0.2, 0) is 4.79 Å². The van der Waals surface area contributed by atoms with Gasteiger partial charge in [-0.25, -0.2) is 9.78 Å². The highest BCUT2D eigenvalue weighted by molar-refractivity contribution is 5.73. The number of aliphatic carboxylic acids is 1. The number of H-pyrrole nitrogens is 1. The lowest BCUT2D eigenvalue weighted by atomic mass is 9.99. The minimum absolute atomic E-state index is 0.362. The Labute approximate surface area is 128 Å². The average molecular weight is 333 g/mol. The fourth-order valence-electron chi connectivity index (χ4n) is 1.95. The molecule has 2 aromatic rings. The summed E-state index contributed by atoms with van der Waals surface area (Å²) < 4.78 is 36.9. The maximum Gasteiger partial charge on any atom is 0.490 e. The molecule has 2 aromatic heterocycles. The zero-order valence-electron chi connectivity index (χ0n) is 11.8. The Hall–Kier alpha value is -2.43. The van der Waals surface area contributed by atoms with Gasteiger partial charge in [-0.05, 0) is 19.4 Å². The minimum Gasteiger partial charge on any atom is -0.475 e. The Morgan fingerprint density at radius 2 is 2.17 bits per heavy atom. The van der Waals surface area contributed by atoms with Crippen molar-refractivity contribution in [1.29, 1.82) is 0 Å². The summed E-state index contributed by atoms with van der Waals surface area (Å²) in [6.45, 7) is 2.01. The molecule has 3 N–H and O–H groups in total. The molecule has 1 saturated heterocycles. The second-order valence-corrected chi connectivity index (χ2v) is 4.74. The van der Waals surface area contributed by atoms with Crippen molar-refractivity contribution in [2.45, 2.75) is 24.9 Å². The van der Waals surface area contributed by atoms with Gasteiger partial charge in [-0.1, -0.05) is 5.16 Å². The van der Waals surface area contributed by atoms with Gasteiger partial charge < -0.3 is 19.9 Å². The number of carboxylic acids is 1. The van der Waals surface area contributed by atoms with Gasteiger partial charge in [0.2, 0.25) is 0 Å². The van der Waals surface area contributed by atoms with E-state index in [1.54, 1.807) is 12.4 Å². The molecule has 23 heavy (non-hydrogen) atoms. The molecule has 1 fully saturated rings. The van der Waals surface area contributed by atoms with Crippen molar-refractivity contribution in [2.24, 2.45) is 0 Å². The number of imidazole rings is 1. The zero-order chi connectivity index (χ0) is 16.9. The fraction of sp³-hybridized carbons (Fsp3) is 0.500. The summed E-state index contributed by atoms with van der Waals surface area (Å²) >= 11 is 0. The maximum atomic E-state index is 10.6. The number of alkyl halides is 3. The van der Waals surface area contributed by atoms with Gasteiger partial charge >= 0.3 is 12.1 Å². The van der Waals surface area contributed by atoms with Crippen LogP contribution in [0.5, 0.6) is 0 Å². The van der Waals surface area contributed by atoms with E-state index in [-0.39, 0.29) is 0 Å². The van der Waals surface area contributed by atoms with Crippen molar-refractivity contribution >= 4 is 5.97 Å². The highest BCUT2D eigenvalue weighted by atomic mass is 19.4. The molecule has 126 valence electrons. The second kappa shape index (κ2) is 7.22. The van der Waals surface area contributed by atoms with Crippen molar-refractivity contribution in [3.05, 3.63) is 18.2 Å². The summed E-state index contributed by atoms with van der Waals surface area (Å²) in [6, 6.07) is 0. The number of hydrogen-bond donors (Lipinski definition) is 3.